The first kappa shape index (κ1) is 14.4. The predicted molar refractivity (Wildman–Crippen MR) is 82.7 cm³/mol. The van der Waals surface area contributed by atoms with Crippen molar-refractivity contribution in [1.82, 2.24) is 0 Å². The van der Waals surface area contributed by atoms with Crippen LogP contribution in [0.15, 0.2) is 42.5 Å². The van der Waals surface area contributed by atoms with E-state index < -0.39 is 0 Å². The van der Waals surface area contributed by atoms with Crippen LogP contribution < -0.4 is 14.2 Å². The minimum Gasteiger partial charge on any atom is -0.486 e. The second kappa shape index (κ2) is 6.10. The lowest BCUT2D eigenvalue weighted by atomic mass is 10.0. The van der Waals surface area contributed by atoms with Gasteiger partial charge in [0.1, 0.15) is 19.0 Å². The van der Waals surface area contributed by atoms with Gasteiger partial charge in [-0.15, -0.1) is 0 Å². The Balaban J connectivity index is 1.77. The van der Waals surface area contributed by atoms with Gasteiger partial charge in [0.15, 0.2) is 11.5 Å². The van der Waals surface area contributed by atoms with Crippen LogP contribution in [0.3, 0.4) is 0 Å². The number of ether oxygens (including phenoxy) is 3. The summed E-state index contributed by atoms with van der Waals surface area (Å²) in [4.78, 5) is 12.3. The van der Waals surface area contributed by atoms with Gasteiger partial charge in [-0.05, 0) is 43.2 Å². The molecule has 1 aliphatic heterocycles. The molecule has 2 aromatic carbocycles. The van der Waals surface area contributed by atoms with Crippen molar-refractivity contribution in [3.63, 3.8) is 0 Å². The highest BCUT2D eigenvalue weighted by Gasteiger charge is 2.21. The van der Waals surface area contributed by atoms with E-state index in [0.29, 0.717) is 24.7 Å². The second-order valence-electron chi connectivity index (χ2n) is 5.31. The number of fused-ring (bicyclic) bond motifs is 1. The molecular formula is C18H18O4. The molecule has 1 atom stereocenters. The quantitative estimate of drug-likeness (QED) is 0.643. The Bertz CT molecular complexity index is 693. The van der Waals surface area contributed by atoms with Crippen molar-refractivity contribution in [3.05, 3.63) is 53.6 Å². The molecule has 1 heterocycles. The Morgan fingerprint density at radius 1 is 1.09 bits per heavy atom. The van der Waals surface area contributed by atoms with E-state index in [1.54, 1.807) is 6.07 Å². The van der Waals surface area contributed by atoms with E-state index >= 15 is 0 Å². The standard InChI is InChI=1S/C18H18O4/c1-12-5-3-4-6-15(12)22-18(19)13(2)14-7-8-16-17(11-14)21-10-9-20-16/h3-8,11,13H,9-10H2,1-2H3. The SMILES string of the molecule is Cc1ccccc1OC(=O)C(C)c1ccc2c(c1)OCCO2. The normalized spacial score (nSPS) is 14.3. The van der Waals surface area contributed by atoms with Gasteiger partial charge in [0.25, 0.3) is 0 Å². The lowest BCUT2D eigenvalue weighted by Crippen LogP contribution is -2.18. The van der Waals surface area contributed by atoms with E-state index in [9.17, 15) is 4.79 Å². The maximum atomic E-state index is 12.3. The highest BCUT2D eigenvalue weighted by atomic mass is 16.6. The number of hydrogen-bond donors (Lipinski definition) is 0. The third-order valence-electron chi connectivity index (χ3n) is 3.72. The molecule has 0 aliphatic carbocycles. The van der Waals surface area contributed by atoms with Crippen molar-refractivity contribution in [3.8, 4) is 17.2 Å². The Kier molecular flexibility index (Phi) is 4.00. The van der Waals surface area contributed by atoms with E-state index in [4.69, 9.17) is 14.2 Å². The van der Waals surface area contributed by atoms with Gasteiger partial charge in [0, 0.05) is 0 Å². The fourth-order valence-electron chi connectivity index (χ4n) is 2.33. The van der Waals surface area contributed by atoms with Crippen molar-refractivity contribution >= 4 is 5.97 Å². The molecule has 114 valence electrons. The lowest BCUT2D eigenvalue weighted by molar-refractivity contribution is -0.135. The average molecular weight is 298 g/mol. The molecule has 0 spiro atoms. The van der Waals surface area contributed by atoms with E-state index in [2.05, 4.69) is 0 Å². The van der Waals surface area contributed by atoms with Crippen LogP contribution in [0, 0.1) is 6.92 Å². The number of carbonyl (C=O) groups excluding carboxylic acids is 1. The van der Waals surface area contributed by atoms with Gasteiger partial charge in [-0.25, -0.2) is 0 Å². The second-order valence-corrected chi connectivity index (χ2v) is 5.31. The van der Waals surface area contributed by atoms with Gasteiger partial charge in [-0.1, -0.05) is 24.3 Å². The molecule has 0 fully saturated rings. The number of esters is 1. The van der Waals surface area contributed by atoms with Crippen LogP contribution in [0.4, 0.5) is 0 Å². The number of rotatable bonds is 3. The zero-order valence-electron chi connectivity index (χ0n) is 12.7. The van der Waals surface area contributed by atoms with Crippen LogP contribution in [0.1, 0.15) is 24.0 Å². The first-order chi connectivity index (χ1) is 10.6. The summed E-state index contributed by atoms with van der Waals surface area (Å²) in [6.07, 6.45) is 0. The van der Waals surface area contributed by atoms with E-state index in [-0.39, 0.29) is 11.9 Å². The summed E-state index contributed by atoms with van der Waals surface area (Å²) in [7, 11) is 0. The number of aryl methyl sites for hydroxylation is 1. The van der Waals surface area contributed by atoms with Gasteiger partial charge in [0.2, 0.25) is 0 Å². The van der Waals surface area contributed by atoms with E-state index in [0.717, 1.165) is 16.9 Å². The number of para-hydroxylation sites is 1. The Hall–Kier alpha value is -2.49. The Labute approximate surface area is 129 Å². The van der Waals surface area contributed by atoms with Gasteiger partial charge in [-0.3, -0.25) is 4.79 Å². The third kappa shape index (κ3) is 2.91. The highest BCUT2D eigenvalue weighted by Crippen LogP contribution is 2.33. The summed E-state index contributed by atoms with van der Waals surface area (Å²) in [6.45, 7) is 4.82. The van der Waals surface area contributed by atoms with Crippen LogP contribution in [0.25, 0.3) is 0 Å². The zero-order chi connectivity index (χ0) is 15.5. The summed E-state index contributed by atoms with van der Waals surface area (Å²) in [5.41, 5.74) is 1.79. The van der Waals surface area contributed by atoms with Crippen LogP contribution in [-0.2, 0) is 4.79 Å². The largest absolute Gasteiger partial charge is 0.486 e. The van der Waals surface area contributed by atoms with Gasteiger partial charge < -0.3 is 14.2 Å². The lowest BCUT2D eigenvalue weighted by Gasteiger charge is -2.20. The van der Waals surface area contributed by atoms with E-state index in [1.165, 1.54) is 0 Å². The van der Waals surface area contributed by atoms with Crippen LogP contribution in [0.5, 0.6) is 17.2 Å². The van der Waals surface area contributed by atoms with Gasteiger partial charge in [0.05, 0.1) is 5.92 Å². The van der Waals surface area contributed by atoms with Crippen LogP contribution in [0.2, 0.25) is 0 Å². The summed E-state index contributed by atoms with van der Waals surface area (Å²) in [5.74, 6) is 1.33. The van der Waals surface area contributed by atoms with Crippen molar-refractivity contribution in [2.45, 2.75) is 19.8 Å². The zero-order valence-corrected chi connectivity index (χ0v) is 12.7. The molecule has 4 nitrogen and oxygen atoms in total. The third-order valence-corrected chi connectivity index (χ3v) is 3.72. The van der Waals surface area contributed by atoms with Crippen molar-refractivity contribution in [1.29, 1.82) is 0 Å². The molecule has 0 amide bonds. The minimum atomic E-state index is -0.379. The van der Waals surface area contributed by atoms with Crippen molar-refractivity contribution < 1.29 is 19.0 Å². The maximum absolute atomic E-state index is 12.3. The Morgan fingerprint density at radius 3 is 2.59 bits per heavy atom. The molecule has 0 bridgehead atoms. The van der Waals surface area contributed by atoms with Gasteiger partial charge >= 0.3 is 5.97 Å². The average Bonchev–Trinajstić information content (AvgIpc) is 2.55. The minimum absolute atomic E-state index is 0.286. The summed E-state index contributed by atoms with van der Waals surface area (Å²) >= 11 is 0. The molecule has 0 aromatic heterocycles. The monoisotopic (exact) mass is 298 g/mol. The molecule has 1 unspecified atom stereocenters. The number of hydrogen-bond acceptors (Lipinski definition) is 4. The summed E-state index contributed by atoms with van der Waals surface area (Å²) < 4.78 is 16.5. The van der Waals surface area contributed by atoms with Crippen LogP contribution >= 0.6 is 0 Å². The molecule has 0 N–H and O–H groups in total. The fraction of sp³-hybridized carbons (Fsp3) is 0.278. The fourth-order valence-corrected chi connectivity index (χ4v) is 2.33. The molecule has 3 rings (SSSR count). The first-order valence-corrected chi connectivity index (χ1v) is 7.32. The molecule has 2 aromatic rings. The Morgan fingerprint density at radius 2 is 1.82 bits per heavy atom. The van der Waals surface area contributed by atoms with E-state index in [1.807, 2.05) is 50.2 Å². The maximum Gasteiger partial charge on any atom is 0.318 e. The van der Waals surface area contributed by atoms with Gasteiger partial charge in [-0.2, -0.15) is 0 Å². The number of benzene rings is 2. The van der Waals surface area contributed by atoms with Crippen molar-refractivity contribution in [2.75, 3.05) is 13.2 Å². The molecule has 22 heavy (non-hydrogen) atoms. The molecule has 1 aliphatic rings. The predicted octanol–water partition coefficient (Wildman–Crippen LogP) is 3.48. The molecule has 4 heteroatoms. The topological polar surface area (TPSA) is 44.8 Å². The van der Waals surface area contributed by atoms with Crippen LogP contribution in [-0.4, -0.2) is 19.2 Å². The highest BCUT2D eigenvalue weighted by molar-refractivity contribution is 5.80. The molecular weight excluding hydrogens is 280 g/mol. The molecule has 0 saturated carbocycles. The molecule has 0 saturated heterocycles. The summed E-state index contributed by atoms with van der Waals surface area (Å²) in [5, 5.41) is 0. The molecule has 0 radical (unpaired) electrons. The summed E-state index contributed by atoms with van der Waals surface area (Å²) in [6, 6.07) is 13.0. The first-order valence-electron chi connectivity index (χ1n) is 7.32. The number of carbonyl (C=O) groups is 1. The van der Waals surface area contributed by atoms with Crippen molar-refractivity contribution in [2.24, 2.45) is 0 Å². The smallest absolute Gasteiger partial charge is 0.318 e.